The second kappa shape index (κ2) is 8.53. The highest BCUT2D eigenvalue weighted by molar-refractivity contribution is 6.22. The monoisotopic (exact) mass is 512 g/mol. The van der Waals surface area contributed by atoms with Crippen molar-refractivity contribution in [2.24, 2.45) is 0 Å². The van der Waals surface area contributed by atoms with Gasteiger partial charge in [0.2, 0.25) is 0 Å². The molecule has 0 unspecified atom stereocenters. The SMILES string of the molecule is CC1(C)c2ccccc2N(c2c3ccccc3c(-c3ccc4ccccc4c3)c3ncccc23)c2ccccc21. The predicted molar refractivity (Wildman–Crippen MR) is 169 cm³/mol. The van der Waals surface area contributed by atoms with Gasteiger partial charge in [-0.3, -0.25) is 4.98 Å². The molecule has 0 bridgehead atoms. The van der Waals surface area contributed by atoms with E-state index in [1.807, 2.05) is 6.20 Å². The van der Waals surface area contributed by atoms with Crippen LogP contribution in [0.25, 0.3) is 43.6 Å². The Balaban J connectivity index is 1.52. The first-order valence-corrected chi connectivity index (χ1v) is 13.9. The maximum Gasteiger partial charge on any atom is 0.0807 e. The van der Waals surface area contributed by atoms with E-state index in [0.29, 0.717) is 0 Å². The van der Waals surface area contributed by atoms with E-state index in [1.54, 1.807) is 0 Å². The second-order valence-corrected chi connectivity index (χ2v) is 11.2. The van der Waals surface area contributed by atoms with Crippen LogP contribution in [0.15, 0.2) is 134 Å². The molecule has 0 spiro atoms. The summed E-state index contributed by atoms with van der Waals surface area (Å²) in [5.41, 5.74) is 9.55. The van der Waals surface area contributed by atoms with Crippen LogP contribution in [0.4, 0.5) is 17.1 Å². The van der Waals surface area contributed by atoms with Crippen LogP contribution in [0.3, 0.4) is 0 Å². The van der Waals surface area contributed by atoms with Gasteiger partial charge in [-0.2, -0.15) is 0 Å². The van der Waals surface area contributed by atoms with E-state index in [1.165, 1.54) is 60.9 Å². The molecule has 0 radical (unpaired) electrons. The maximum atomic E-state index is 5.06. The van der Waals surface area contributed by atoms with Crippen molar-refractivity contribution in [3.63, 3.8) is 0 Å². The molecule has 0 saturated heterocycles. The van der Waals surface area contributed by atoms with Crippen LogP contribution in [0.5, 0.6) is 0 Å². The second-order valence-electron chi connectivity index (χ2n) is 11.2. The van der Waals surface area contributed by atoms with Crippen LogP contribution in [0, 0.1) is 0 Å². The van der Waals surface area contributed by atoms with Crippen molar-refractivity contribution in [2.75, 3.05) is 4.90 Å². The van der Waals surface area contributed by atoms with Gasteiger partial charge in [0.25, 0.3) is 0 Å². The Morgan fingerprint density at radius 2 is 1.15 bits per heavy atom. The van der Waals surface area contributed by atoms with Gasteiger partial charge >= 0.3 is 0 Å². The van der Waals surface area contributed by atoms with Gasteiger partial charge in [0.15, 0.2) is 0 Å². The Bertz CT molecular complexity index is 2000. The summed E-state index contributed by atoms with van der Waals surface area (Å²) in [5.74, 6) is 0. The summed E-state index contributed by atoms with van der Waals surface area (Å²) >= 11 is 0. The first-order valence-electron chi connectivity index (χ1n) is 13.9. The molecule has 2 heterocycles. The Morgan fingerprint density at radius 1 is 0.550 bits per heavy atom. The Morgan fingerprint density at radius 3 is 1.90 bits per heavy atom. The van der Waals surface area contributed by atoms with Crippen molar-refractivity contribution in [3.8, 4) is 11.1 Å². The van der Waals surface area contributed by atoms with Crippen molar-refractivity contribution in [1.82, 2.24) is 4.98 Å². The number of nitrogens with zero attached hydrogens (tertiary/aromatic N) is 2. The summed E-state index contributed by atoms with van der Waals surface area (Å²) in [5, 5.41) is 6.05. The third-order valence-electron chi connectivity index (χ3n) is 8.65. The Hall–Kier alpha value is -4.95. The van der Waals surface area contributed by atoms with Gasteiger partial charge in [-0.15, -0.1) is 0 Å². The number of pyridine rings is 1. The molecule has 0 N–H and O–H groups in total. The molecule has 2 nitrogen and oxygen atoms in total. The summed E-state index contributed by atoms with van der Waals surface area (Å²) in [6, 6.07) is 46.2. The van der Waals surface area contributed by atoms with Gasteiger partial charge < -0.3 is 4.90 Å². The molecule has 0 saturated carbocycles. The molecule has 7 aromatic rings. The smallest absolute Gasteiger partial charge is 0.0807 e. The minimum absolute atomic E-state index is 0.113. The molecule has 0 fully saturated rings. The lowest BCUT2D eigenvalue weighted by atomic mass is 9.73. The molecular formula is C38H28N2. The number of aromatic nitrogens is 1. The number of fused-ring (bicyclic) bond motifs is 5. The standard InChI is InChI=1S/C38H28N2/c1-38(2)31-17-7-9-19-33(31)40(34-20-10-8-18-32(34)38)37-29-15-6-5-14-28(29)35(36-30(37)16-11-23-39-36)27-22-21-25-12-3-4-13-26(25)24-27/h3-24H,1-2H3. The highest BCUT2D eigenvalue weighted by Gasteiger charge is 2.37. The van der Waals surface area contributed by atoms with E-state index < -0.39 is 0 Å². The summed E-state index contributed by atoms with van der Waals surface area (Å²) in [6.45, 7) is 4.67. The number of hydrogen-bond acceptors (Lipinski definition) is 2. The topological polar surface area (TPSA) is 16.1 Å². The van der Waals surface area contributed by atoms with Crippen molar-refractivity contribution in [1.29, 1.82) is 0 Å². The van der Waals surface area contributed by atoms with E-state index >= 15 is 0 Å². The van der Waals surface area contributed by atoms with Gasteiger partial charge in [-0.05, 0) is 63.2 Å². The van der Waals surface area contributed by atoms with Crippen molar-refractivity contribution in [2.45, 2.75) is 19.3 Å². The van der Waals surface area contributed by atoms with Gasteiger partial charge in [0.1, 0.15) is 0 Å². The molecule has 2 heteroatoms. The molecule has 0 amide bonds. The van der Waals surface area contributed by atoms with Crippen LogP contribution in [0.2, 0.25) is 0 Å². The molecule has 8 rings (SSSR count). The van der Waals surface area contributed by atoms with Gasteiger partial charge in [0.05, 0.1) is 22.6 Å². The van der Waals surface area contributed by atoms with Crippen LogP contribution < -0.4 is 4.90 Å². The molecule has 40 heavy (non-hydrogen) atoms. The summed E-state index contributed by atoms with van der Waals surface area (Å²) < 4.78 is 0. The van der Waals surface area contributed by atoms with E-state index in [-0.39, 0.29) is 5.41 Å². The lowest BCUT2D eigenvalue weighted by molar-refractivity contribution is 0.632. The Labute approximate surface area is 234 Å². The summed E-state index contributed by atoms with van der Waals surface area (Å²) in [6.07, 6.45) is 1.92. The largest absolute Gasteiger partial charge is 0.309 e. The molecule has 1 aliphatic rings. The van der Waals surface area contributed by atoms with Crippen LogP contribution in [0.1, 0.15) is 25.0 Å². The number of anilines is 3. The van der Waals surface area contributed by atoms with E-state index in [4.69, 9.17) is 4.98 Å². The fourth-order valence-corrected chi connectivity index (χ4v) is 6.76. The summed E-state index contributed by atoms with van der Waals surface area (Å²) in [4.78, 5) is 7.54. The van der Waals surface area contributed by atoms with Gasteiger partial charge in [0, 0.05) is 27.9 Å². The fourth-order valence-electron chi connectivity index (χ4n) is 6.76. The zero-order chi connectivity index (χ0) is 26.8. The van der Waals surface area contributed by atoms with E-state index in [2.05, 4.69) is 146 Å². The van der Waals surface area contributed by atoms with Gasteiger partial charge in [-0.25, -0.2) is 0 Å². The van der Waals surface area contributed by atoms with Crippen molar-refractivity contribution < 1.29 is 0 Å². The van der Waals surface area contributed by atoms with E-state index in [0.717, 1.165) is 10.9 Å². The number of rotatable bonds is 2. The third kappa shape index (κ3) is 3.20. The summed E-state index contributed by atoms with van der Waals surface area (Å²) in [7, 11) is 0. The van der Waals surface area contributed by atoms with E-state index in [9.17, 15) is 0 Å². The Kier molecular flexibility index (Phi) is 4.90. The van der Waals surface area contributed by atoms with Gasteiger partial charge in [-0.1, -0.05) is 111 Å². The van der Waals surface area contributed by atoms with Crippen LogP contribution in [-0.4, -0.2) is 4.98 Å². The lowest BCUT2D eigenvalue weighted by Gasteiger charge is -2.42. The zero-order valence-corrected chi connectivity index (χ0v) is 22.6. The highest BCUT2D eigenvalue weighted by Crippen LogP contribution is 2.55. The molecule has 1 aliphatic heterocycles. The molecule has 1 aromatic heterocycles. The molecule has 190 valence electrons. The first kappa shape index (κ1) is 23.0. The zero-order valence-electron chi connectivity index (χ0n) is 22.6. The molecule has 6 aromatic carbocycles. The minimum atomic E-state index is -0.113. The quantitative estimate of drug-likeness (QED) is 0.214. The fraction of sp³-hybridized carbons (Fsp3) is 0.0789. The highest BCUT2D eigenvalue weighted by atomic mass is 15.2. The first-order chi connectivity index (χ1) is 19.6. The normalized spacial score (nSPS) is 13.9. The van der Waals surface area contributed by atoms with Crippen LogP contribution >= 0.6 is 0 Å². The predicted octanol–water partition coefficient (Wildman–Crippen LogP) is 10.3. The average molecular weight is 513 g/mol. The van der Waals surface area contributed by atoms with Crippen LogP contribution in [-0.2, 0) is 5.41 Å². The lowest BCUT2D eigenvalue weighted by Crippen LogP contribution is -2.30. The number of hydrogen-bond donors (Lipinski definition) is 0. The average Bonchev–Trinajstić information content (AvgIpc) is 3.01. The van der Waals surface area contributed by atoms with Crippen molar-refractivity contribution >= 4 is 49.5 Å². The minimum Gasteiger partial charge on any atom is -0.309 e. The maximum absolute atomic E-state index is 5.06. The molecule has 0 atom stereocenters. The van der Waals surface area contributed by atoms with Crippen molar-refractivity contribution in [3.05, 3.63) is 145 Å². The number of benzene rings is 6. The number of para-hydroxylation sites is 2. The third-order valence-corrected chi connectivity index (χ3v) is 8.65. The molecular weight excluding hydrogens is 484 g/mol. The molecule has 0 aliphatic carbocycles.